The van der Waals surface area contributed by atoms with E-state index in [0.717, 1.165) is 15.6 Å². The zero-order valence-corrected chi connectivity index (χ0v) is 26.5. The van der Waals surface area contributed by atoms with Crippen molar-refractivity contribution in [3.8, 4) is 11.5 Å². The number of halogens is 2. The Morgan fingerprint density at radius 1 is 1.14 bits per heavy atom. The van der Waals surface area contributed by atoms with E-state index >= 15 is 0 Å². The van der Waals surface area contributed by atoms with E-state index in [9.17, 15) is 9.59 Å². The molecule has 0 spiro atoms. The molecule has 3 aromatic carbocycles. The summed E-state index contributed by atoms with van der Waals surface area (Å²) < 4.78 is 19.9. The molecule has 42 heavy (non-hydrogen) atoms. The Bertz CT molecular complexity index is 1860. The molecule has 0 aliphatic carbocycles. The standard InChI is InChI=1S/C32H28BrClN2O5S/c1-18(2)41-31(38)28-19(3)35-32-36(29(28)24-16-22(33)11-14-26(24)39-4)30(37)27(42-32)15-20-9-12-23(13-10-20)40-17-21-7-5-6-8-25(21)34/h5-16,18,29H,17H2,1-4H3/b27-15-/t29-/m1/s1. The number of carbonyl (C=O) groups excluding carboxylic acids is 1. The topological polar surface area (TPSA) is 79.1 Å². The number of benzene rings is 3. The molecule has 0 radical (unpaired) electrons. The highest BCUT2D eigenvalue weighted by molar-refractivity contribution is 9.10. The van der Waals surface area contributed by atoms with Gasteiger partial charge in [0.25, 0.3) is 5.56 Å². The number of hydrogen-bond donors (Lipinski definition) is 0. The minimum absolute atomic E-state index is 0.271. The van der Waals surface area contributed by atoms with Gasteiger partial charge in [-0.3, -0.25) is 9.36 Å². The molecule has 216 valence electrons. The Morgan fingerprint density at radius 3 is 2.57 bits per heavy atom. The Labute approximate surface area is 260 Å². The first-order valence-corrected chi connectivity index (χ1v) is 15.2. The van der Waals surface area contributed by atoms with Gasteiger partial charge in [-0.1, -0.05) is 69.2 Å². The Hall–Kier alpha value is -3.66. The van der Waals surface area contributed by atoms with E-state index < -0.39 is 12.0 Å². The van der Waals surface area contributed by atoms with Crippen LogP contribution >= 0.6 is 38.9 Å². The van der Waals surface area contributed by atoms with E-state index in [2.05, 4.69) is 20.9 Å². The summed E-state index contributed by atoms with van der Waals surface area (Å²) in [4.78, 5) is 32.5. The van der Waals surface area contributed by atoms with Crippen LogP contribution < -0.4 is 24.4 Å². The molecular weight excluding hydrogens is 640 g/mol. The van der Waals surface area contributed by atoms with Gasteiger partial charge < -0.3 is 14.2 Å². The molecule has 0 saturated carbocycles. The third-order valence-corrected chi connectivity index (χ3v) is 8.45. The Morgan fingerprint density at radius 2 is 1.88 bits per heavy atom. The molecule has 1 aliphatic rings. The molecule has 5 rings (SSSR count). The summed E-state index contributed by atoms with van der Waals surface area (Å²) in [7, 11) is 1.56. The fourth-order valence-electron chi connectivity index (χ4n) is 4.66. The maximum atomic E-state index is 14.0. The predicted octanol–water partition coefficient (Wildman–Crippen LogP) is 6.19. The quantitative estimate of drug-likeness (QED) is 0.210. The first kappa shape index (κ1) is 29.8. The fourth-order valence-corrected chi connectivity index (χ4v) is 6.28. The third-order valence-electron chi connectivity index (χ3n) is 6.60. The van der Waals surface area contributed by atoms with Crippen LogP contribution in [0.25, 0.3) is 6.08 Å². The Kier molecular flexibility index (Phi) is 9.01. The summed E-state index contributed by atoms with van der Waals surface area (Å²) in [6.45, 7) is 5.67. The largest absolute Gasteiger partial charge is 0.496 e. The van der Waals surface area contributed by atoms with Crippen molar-refractivity contribution in [1.29, 1.82) is 0 Å². The summed E-state index contributed by atoms with van der Waals surface area (Å²) in [6, 6.07) is 19.7. The molecule has 0 bridgehead atoms. The van der Waals surface area contributed by atoms with Gasteiger partial charge in [0.2, 0.25) is 0 Å². The average Bonchev–Trinajstić information content (AvgIpc) is 3.26. The summed E-state index contributed by atoms with van der Waals surface area (Å²) >= 11 is 11.0. The molecule has 1 atom stereocenters. The highest BCUT2D eigenvalue weighted by Gasteiger charge is 2.35. The second-order valence-corrected chi connectivity index (χ2v) is 12.2. The van der Waals surface area contributed by atoms with Crippen molar-refractivity contribution < 1.29 is 19.0 Å². The van der Waals surface area contributed by atoms with Gasteiger partial charge >= 0.3 is 5.97 Å². The Balaban J connectivity index is 1.55. The number of aromatic nitrogens is 1. The van der Waals surface area contributed by atoms with Crippen molar-refractivity contribution in [3.63, 3.8) is 0 Å². The van der Waals surface area contributed by atoms with Gasteiger partial charge in [0.1, 0.15) is 24.1 Å². The van der Waals surface area contributed by atoms with Crippen LogP contribution in [0.5, 0.6) is 11.5 Å². The molecule has 7 nitrogen and oxygen atoms in total. The molecule has 0 fully saturated rings. The van der Waals surface area contributed by atoms with Crippen LogP contribution in [-0.4, -0.2) is 23.8 Å². The van der Waals surface area contributed by atoms with E-state index in [1.165, 1.54) is 11.3 Å². The predicted molar refractivity (Wildman–Crippen MR) is 168 cm³/mol. The summed E-state index contributed by atoms with van der Waals surface area (Å²) in [6.07, 6.45) is 1.46. The maximum Gasteiger partial charge on any atom is 0.338 e. The van der Waals surface area contributed by atoms with Gasteiger partial charge in [-0.05, 0) is 68.8 Å². The number of fused-ring (bicyclic) bond motifs is 1. The van der Waals surface area contributed by atoms with Crippen LogP contribution in [0.15, 0.2) is 92.3 Å². The zero-order valence-electron chi connectivity index (χ0n) is 23.4. The van der Waals surface area contributed by atoms with Crippen molar-refractivity contribution >= 4 is 50.9 Å². The molecule has 1 aliphatic heterocycles. The maximum absolute atomic E-state index is 14.0. The number of rotatable bonds is 8. The molecule has 0 unspecified atom stereocenters. The molecule has 4 aromatic rings. The van der Waals surface area contributed by atoms with E-state index in [-0.39, 0.29) is 11.7 Å². The summed E-state index contributed by atoms with van der Waals surface area (Å²) in [5.41, 5.74) is 2.86. The molecular formula is C32H28BrClN2O5S. The van der Waals surface area contributed by atoms with Gasteiger partial charge in [0.05, 0.1) is 29.0 Å². The van der Waals surface area contributed by atoms with Crippen LogP contribution in [0.1, 0.15) is 43.5 Å². The number of hydrogen-bond acceptors (Lipinski definition) is 7. The van der Waals surface area contributed by atoms with Crippen LogP contribution in [0, 0.1) is 0 Å². The van der Waals surface area contributed by atoms with Crippen LogP contribution in [0.2, 0.25) is 5.02 Å². The van der Waals surface area contributed by atoms with E-state index in [1.54, 1.807) is 38.5 Å². The molecule has 1 aromatic heterocycles. The van der Waals surface area contributed by atoms with Crippen molar-refractivity contribution in [1.82, 2.24) is 4.57 Å². The van der Waals surface area contributed by atoms with Crippen LogP contribution in [0.3, 0.4) is 0 Å². The molecule has 10 heteroatoms. The lowest BCUT2D eigenvalue weighted by Crippen LogP contribution is -2.40. The van der Waals surface area contributed by atoms with Crippen molar-refractivity contribution in [3.05, 3.63) is 124 Å². The van der Waals surface area contributed by atoms with Gasteiger partial charge in [-0.15, -0.1) is 0 Å². The first-order chi connectivity index (χ1) is 20.2. The normalized spacial score (nSPS) is 14.9. The number of methoxy groups -OCH3 is 1. The first-order valence-electron chi connectivity index (χ1n) is 13.2. The lowest BCUT2D eigenvalue weighted by Gasteiger charge is -2.26. The highest BCUT2D eigenvalue weighted by Crippen LogP contribution is 2.37. The fraction of sp³-hybridized carbons (Fsp3) is 0.219. The van der Waals surface area contributed by atoms with Crippen molar-refractivity contribution in [2.45, 2.75) is 39.5 Å². The minimum Gasteiger partial charge on any atom is -0.496 e. The number of nitrogens with zero attached hydrogens (tertiary/aromatic N) is 2. The molecule has 0 saturated heterocycles. The molecule has 2 heterocycles. The highest BCUT2D eigenvalue weighted by atomic mass is 79.9. The third kappa shape index (κ3) is 6.23. The molecule has 0 amide bonds. The summed E-state index contributed by atoms with van der Waals surface area (Å²) in [5, 5.41) is 0.652. The number of esters is 1. The van der Waals surface area contributed by atoms with E-state index in [0.29, 0.717) is 49.3 Å². The minimum atomic E-state index is -0.789. The van der Waals surface area contributed by atoms with Gasteiger partial charge in [0, 0.05) is 20.6 Å². The number of carbonyl (C=O) groups is 1. The second kappa shape index (κ2) is 12.7. The number of allylic oxidation sites excluding steroid dienone is 1. The van der Waals surface area contributed by atoms with E-state index in [1.807, 2.05) is 66.7 Å². The smallest absolute Gasteiger partial charge is 0.338 e. The summed E-state index contributed by atoms with van der Waals surface area (Å²) in [5.74, 6) is 0.689. The van der Waals surface area contributed by atoms with Crippen LogP contribution in [0.4, 0.5) is 0 Å². The second-order valence-electron chi connectivity index (χ2n) is 9.87. The lowest BCUT2D eigenvalue weighted by atomic mass is 9.95. The zero-order chi connectivity index (χ0) is 30.0. The van der Waals surface area contributed by atoms with Crippen LogP contribution in [-0.2, 0) is 16.1 Å². The lowest BCUT2D eigenvalue weighted by molar-refractivity contribution is -0.143. The van der Waals surface area contributed by atoms with Gasteiger partial charge in [0.15, 0.2) is 4.80 Å². The molecule has 0 N–H and O–H groups in total. The number of ether oxygens (including phenoxy) is 3. The van der Waals surface area contributed by atoms with Crippen molar-refractivity contribution in [2.24, 2.45) is 4.99 Å². The van der Waals surface area contributed by atoms with E-state index in [4.69, 9.17) is 25.8 Å². The SMILES string of the molecule is COc1ccc(Br)cc1[C@@H]1C(C(=O)OC(C)C)=C(C)N=c2s/c(=C\c3ccc(OCc4ccccc4Cl)cc3)c(=O)n21. The number of thiazole rings is 1. The monoisotopic (exact) mass is 666 g/mol. The van der Waals surface area contributed by atoms with Gasteiger partial charge in [-0.2, -0.15) is 0 Å². The average molecular weight is 668 g/mol. The van der Waals surface area contributed by atoms with Gasteiger partial charge in [-0.25, -0.2) is 9.79 Å². The van der Waals surface area contributed by atoms with Crippen molar-refractivity contribution in [2.75, 3.05) is 7.11 Å².